The van der Waals surface area contributed by atoms with Gasteiger partial charge in [-0.15, -0.1) is 0 Å². The van der Waals surface area contributed by atoms with Gasteiger partial charge in [0.2, 0.25) is 0 Å². The third kappa shape index (κ3) is 3.74. The van der Waals surface area contributed by atoms with Crippen molar-refractivity contribution in [2.24, 2.45) is 5.92 Å². The lowest BCUT2D eigenvalue weighted by molar-refractivity contribution is 0.0747. The predicted molar refractivity (Wildman–Crippen MR) is 64.0 cm³/mol. The van der Waals surface area contributed by atoms with Crippen LogP contribution in [0.3, 0.4) is 0 Å². The van der Waals surface area contributed by atoms with Crippen LogP contribution in [0.15, 0.2) is 0 Å². The maximum Gasteiger partial charge on any atom is 0.0609 e. The second-order valence-corrected chi connectivity index (χ2v) is 5.60. The van der Waals surface area contributed by atoms with E-state index in [1.807, 2.05) is 0 Å². The van der Waals surface area contributed by atoms with Gasteiger partial charge < -0.3 is 10.0 Å². The Kier molecular flexibility index (Phi) is 4.56. The Morgan fingerprint density at radius 3 is 2.60 bits per heavy atom. The molecule has 0 aromatic carbocycles. The Labute approximate surface area is 94.1 Å². The van der Waals surface area contributed by atoms with E-state index in [4.69, 9.17) is 0 Å². The van der Waals surface area contributed by atoms with E-state index in [-0.39, 0.29) is 12.1 Å². The highest BCUT2D eigenvalue weighted by Crippen LogP contribution is 2.20. The quantitative estimate of drug-likeness (QED) is 0.740. The molecule has 0 saturated carbocycles. The molecule has 0 aromatic rings. The highest BCUT2D eigenvalue weighted by Gasteiger charge is 2.24. The van der Waals surface area contributed by atoms with Crippen LogP contribution in [0.2, 0.25) is 0 Å². The lowest BCUT2D eigenvalue weighted by Gasteiger charge is -2.34. The lowest BCUT2D eigenvalue weighted by atomic mass is 10.0. The first-order valence-electron chi connectivity index (χ1n) is 5.96. The van der Waals surface area contributed by atoms with Crippen LogP contribution in [0.4, 0.5) is 0 Å². The van der Waals surface area contributed by atoms with Gasteiger partial charge in [0.25, 0.3) is 0 Å². The number of aliphatic hydroxyl groups excluding tert-OH is 1. The van der Waals surface area contributed by atoms with Crippen LogP contribution in [0.5, 0.6) is 0 Å². The fourth-order valence-corrected chi connectivity index (χ4v) is 2.06. The molecule has 1 N–H and O–H groups in total. The van der Waals surface area contributed by atoms with Crippen molar-refractivity contribution in [1.82, 2.24) is 9.80 Å². The summed E-state index contributed by atoms with van der Waals surface area (Å²) in [6, 6.07) is 0. The van der Waals surface area contributed by atoms with E-state index in [1.165, 1.54) is 25.9 Å². The maximum atomic E-state index is 9.25. The molecule has 90 valence electrons. The Bertz CT molecular complexity index is 194. The molecule has 0 radical (unpaired) electrons. The topological polar surface area (TPSA) is 26.7 Å². The zero-order valence-corrected chi connectivity index (χ0v) is 10.7. The number of nitrogens with zero attached hydrogens (tertiary/aromatic N) is 2. The van der Waals surface area contributed by atoms with Gasteiger partial charge in [-0.2, -0.15) is 0 Å². The molecule has 0 aromatic heterocycles. The average Bonchev–Trinajstić information content (AvgIpc) is 2.60. The highest BCUT2D eigenvalue weighted by atomic mass is 16.3. The monoisotopic (exact) mass is 214 g/mol. The largest absolute Gasteiger partial charge is 0.394 e. The van der Waals surface area contributed by atoms with Crippen molar-refractivity contribution < 1.29 is 5.11 Å². The standard InChI is InChI=1S/C12H26N2O/c1-12(2,10-15)14(4)8-6-11-5-7-13(3)9-11/h11,15H,5-10H2,1-4H3. The molecule has 1 rings (SSSR count). The molecular formula is C12H26N2O. The predicted octanol–water partition coefficient (Wildman–Crippen LogP) is 1.03. The van der Waals surface area contributed by atoms with Crippen LogP contribution in [-0.4, -0.2) is 60.8 Å². The number of hydrogen-bond acceptors (Lipinski definition) is 3. The zero-order valence-electron chi connectivity index (χ0n) is 10.7. The van der Waals surface area contributed by atoms with Crippen molar-refractivity contribution >= 4 is 0 Å². The number of hydrogen-bond donors (Lipinski definition) is 1. The molecule has 15 heavy (non-hydrogen) atoms. The van der Waals surface area contributed by atoms with Gasteiger partial charge in [-0.05, 0) is 59.8 Å². The van der Waals surface area contributed by atoms with Crippen LogP contribution in [0, 0.1) is 5.92 Å². The molecule has 0 bridgehead atoms. The van der Waals surface area contributed by atoms with E-state index in [0.717, 1.165) is 12.5 Å². The summed E-state index contributed by atoms with van der Waals surface area (Å²) in [7, 11) is 4.30. The van der Waals surface area contributed by atoms with Gasteiger partial charge >= 0.3 is 0 Å². The summed E-state index contributed by atoms with van der Waals surface area (Å²) in [4.78, 5) is 4.67. The Hall–Kier alpha value is -0.120. The van der Waals surface area contributed by atoms with Crippen LogP contribution >= 0.6 is 0 Å². The van der Waals surface area contributed by atoms with Gasteiger partial charge in [0.15, 0.2) is 0 Å². The molecule has 0 amide bonds. The molecule has 1 heterocycles. The summed E-state index contributed by atoms with van der Waals surface area (Å²) < 4.78 is 0. The van der Waals surface area contributed by atoms with E-state index in [0.29, 0.717) is 0 Å². The molecule has 3 heteroatoms. The molecule has 3 nitrogen and oxygen atoms in total. The second kappa shape index (κ2) is 5.28. The Morgan fingerprint density at radius 2 is 2.13 bits per heavy atom. The van der Waals surface area contributed by atoms with Crippen molar-refractivity contribution in [2.75, 3.05) is 40.3 Å². The molecular weight excluding hydrogens is 188 g/mol. The lowest BCUT2D eigenvalue weighted by Crippen LogP contribution is -2.45. The first-order chi connectivity index (χ1) is 6.95. The van der Waals surface area contributed by atoms with E-state index in [2.05, 4.69) is 37.7 Å². The van der Waals surface area contributed by atoms with Gasteiger partial charge in [-0.3, -0.25) is 4.90 Å². The van der Waals surface area contributed by atoms with E-state index in [1.54, 1.807) is 0 Å². The van der Waals surface area contributed by atoms with Crippen molar-refractivity contribution in [2.45, 2.75) is 32.2 Å². The normalized spacial score (nSPS) is 24.0. The maximum absolute atomic E-state index is 9.25. The number of rotatable bonds is 5. The fraction of sp³-hybridized carbons (Fsp3) is 1.00. The van der Waals surface area contributed by atoms with Crippen LogP contribution in [0.25, 0.3) is 0 Å². The fourth-order valence-electron chi connectivity index (χ4n) is 2.06. The second-order valence-electron chi connectivity index (χ2n) is 5.60. The van der Waals surface area contributed by atoms with Gasteiger partial charge in [0.1, 0.15) is 0 Å². The van der Waals surface area contributed by atoms with E-state index in [9.17, 15) is 5.11 Å². The van der Waals surface area contributed by atoms with E-state index < -0.39 is 0 Å². The minimum atomic E-state index is -0.0789. The summed E-state index contributed by atoms with van der Waals surface area (Å²) in [5, 5.41) is 9.25. The number of likely N-dealkylation sites (N-methyl/N-ethyl adjacent to an activating group) is 1. The van der Waals surface area contributed by atoms with Crippen molar-refractivity contribution in [3.05, 3.63) is 0 Å². The third-order valence-electron chi connectivity index (χ3n) is 3.78. The summed E-state index contributed by atoms with van der Waals surface area (Å²) in [5.74, 6) is 0.854. The van der Waals surface area contributed by atoms with Gasteiger partial charge in [-0.1, -0.05) is 0 Å². The highest BCUT2D eigenvalue weighted by molar-refractivity contribution is 4.80. The third-order valence-corrected chi connectivity index (χ3v) is 3.78. The average molecular weight is 214 g/mol. The minimum absolute atomic E-state index is 0.0789. The first-order valence-corrected chi connectivity index (χ1v) is 5.96. The molecule has 1 unspecified atom stereocenters. The van der Waals surface area contributed by atoms with Gasteiger partial charge in [0, 0.05) is 12.1 Å². The first kappa shape index (κ1) is 12.9. The molecule has 1 fully saturated rings. The Morgan fingerprint density at radius 1 is 1.47 bits per heavy atom. The molecule has 0 aliphatic carbocycles. The van der Waals surface area contributed by atoms with Crippen LogP contribution in [0.1, 0.15) is 26.7 Å². The summed E-state index contributed by atoms with van der Waals surface area (Å²) in [6.45, 7) is 7.99. The smallest absolute Gasteiger partial charge is 0.0609 e. The number of aliphatic hydroxyl groups is 1. The molecule has 1 aliphatic heterocycles. The summed E-state index contributed by atoms with van der Waals surface area (Å²) >= 11 is 0. The minimum Gasteiger partial charge on any atom is -0.394 e. The number of likely N-dealkylation sites (tertiary alicyclic amines) is 1. The molecule has 1 aliphatic rings. The van der Waals surface area contributed by atoms with Crippen molar-refractivity contribution in [1.29, 1.82) is 0 Å². The Balaban J connectivity index is 2.25. The van der Waals surface area contributed by atoms with Gasteiger partial charge in [0.05, 0.1) is 6.61 Å². The van der Waals surface area contributed by atoms with Crippen molar-refractivity contribution in [3.8, 4) is 0 Å². The molecule has 0 spiro atoms. The van der Waals surface area contributed by atoms with Crippen molar-refractivity contribution in [3.63, 3.8) is 0 Å². The molecule has 1 saturated heterocycles. The zero-order chi connectivity index (χ0) is 11.5. The SMILES string of the molecule is CN1CCC(CCN(C)C(C)(C)CO)C1. The summed E-state index contributed by atoms with van der Waals surface area (Å²) in [6.07, 6.45) is 2.59. The van der Waals surface area contributed by atoms with E-state index >= 15 is 0 Å². The van der Waals surface area contributed by atoms with Crippen LogP contribution < -0.4 is 0 Å². The summed E-state index contributed by atoms with van der Waals surface area (Å²) in [5.41, 5.74) is -0.0789. The van der Waals surface area contributed by atoms with Crippen LogP contribution in [-0.2, 0) is 0 Å². The molecule has 1 atom stereocenters. The van der Waals surface area contributed by atoms with Gasteiger partial charge in [-0.25, -0.2) is 0 Å².